The van der Waals surface area contributed by atoms with Crippen molar-refractivity contribution in [3.8, 4) is 0 Å². The minimum Gasteiger partial charge on any atom is -0.345 e. The van der Waals surface area contributed by atoms with Gasteiger partial charge in [0.25, 0.3) is 5.91 Å². The van der Waals surface area contributed by atoms with Crippen LogP contribution in [0.4, 0.5) is 0 Å². The lowest BCUT2D eigenvalue weighted by Crippen LogP contribution is -2.50. The van der Waals surface area contributed by atoms with Crippen molar-refractivity contribution < 1.29 is 19.2 Å². The Labute approximate surface area is 180 Å². The van der Waals surface area contributed by atoms with Crippen LogP contribution in [0.3, 0.4) is 0 Å². The summed E-state index contributed by atoms with van der Waals surface area (Å²) in [6, 6.07) is 10.9. The van der Waals surface area contributed by atoms with Gasteiger partial charge in [0.05, 0.1) is 6.04 Å². The standard InChI is InChI=1S/C24H25N3O4/c1-14-8-15(2)10-18(9-14)22(29)24(31)25-11-16-4-3-5-17-12-27(13-19(16)17)20-6-7-21(28)26-23(20)30/h3-5,8-10,20H,6-7,11-13H2,1-2H3,(H,25,31)(H,26,28,30). The summed E-state index contributed by atoms with van der Waals surface area (Å²) in [5, 5.41) is 5.15. The average molecular weight is 419 g/mol. The number of aryl methyl sites for hydroxylation is 2. The molecule has 1 saturated heterocycles. The Morgan fingerprint density at radius 2 is 1.84 bits per heavy atom. The first-order chi connectivity index (χ1) is 14.8. The van der Waals surface area contributed by atoms with Crippen LogP contribution in [0.2, 0.25) is 0 Å². The largest absolute Gasteiger partial charge is 0.345 e. The molecule has 0 aliphatic carbocycles. The lowest BCUT2D eigenvalue weighted by Gasteiger charge is -2.29. The molecule has 2 N–H and O–H groups in total. The van der Waals surface area contributed by atoms with Crippen LogP contribution in [0.25, 0.3) is 0 Å². The molecular weight excluding hydrogens is 394 g/mol. The van der Waals surface area contributed by atoms with Crippen molar-refractivity contribution in [2.75, 3.05) is 0 Å². The molecule has 7 heteroatoms. The fourth-order valence-electron chi connectivity index (χ4n) is 4.43. The number of carbonyl (C=O) groups excluding carboxylic acids is 4. The molecule has 7 nitrogen and oxygen atoms in total. The van der Waals surface area contributed by atoms with Crippen molar-refractivity contribution in [3.63, 3.8) is 0 Å². The van der Waals surface area contributed by atoms with Gasteiger partial charge in [-0.25, -0.2) is 0 Å². The Morgan fingerprint density at radius 3 is 2.55 bits per heavy atom. The summed E-state index contributed by atoms with van der Waals surface area (Å²) < 4.78 is 0. The number of nitrogens with one attached hydrogen (secondary N) is 2. The van der Waals surface area contributed by atoms with E-state index in [-0.39, 0.29) is 24.4 Å². The molecule has 3 amide bonds. The van der Waals surface area contributed by atoms with E-state index in [1.54, 1.807) is 12.1 Å². The number of ketones is 1. The normalized spacial score (nSPS) is 18.5. The van der Waals surface area contributed by atoms with Crippen LogP contribution < -0.4 is 10.6 Å². The highest BCUT2D eigenvalue weighted by Crippen LogP contribution is 2.29. The number of rotatable bonds is 5. The summed E-state index contributed by atoms with van der Waals surface area (Å²) >= 11 is 0. The maximum absolute atomic E-state index is 12.5. The number of nitrogens with zero attached hydrogens (tertiary/aromatic N) is 1. The zero-order chi connectivity index (χ0) is 22.1. The number of amides is 3. The van der Waals surface area contributed by atoms with E-state index in [1.807, 2.05) is 38.1 Å². The maximum atomic E-state index is 12.5. The van der Waals surface area contributed by atoms with Gasteiger partial charge >= 0.3 is 0 Å². The Balaban J connectivity index is 1.43. The lowest BCUT2D eigenvalue weighted by molar-refractivity contribution is -0.137. The maximum Gasteiger partial charge on any atom is 0.292 e. The molecule has 31 heavy (non-hydrogen) atoms. The van der Waals surface area contributed by atoms with Gasteiger partial charge in [-0.05, 0) is 49.1 Å². The average Bonchev–Trinajstić information content (AvgIpc) is 3.15. The van der Waals surface area contributed by atoms with E-state index in [0.29, 0.717) is 31.5 Å². The first-order valence-corrected chi connectivity index (χ1v) is 10.4. The van der Waals surface area contributed by atoms with Crippen LogP contribution in [-0.4, -0.2) is 34.4 Å². The highest BCUT2D eigenvalue weighted by Gasteiger charge is 2.35. The van der Waals surface area contributed by atoms with Crippen molar-refractivity contribution in [3.05, 3.63) is 69.8 Å². The molecule has 2 aromatic carbocycles. The molecule has 2 heterocycles. The number of Topliss-reactive ketones (excluding diaryl/α,β-unsaturated/α-hetero) is 1. The molecule has 0 spiro atoms. The second kappa shape index (κ2) is 8.43. The van der Waals surface area contributed by atoms with Gasteiger partial charge in [0, 0.05) is 31.6 Å². The molecule has 4 rings (SSSR count). The van der Waals surface area contributed by atoms with Crippen LogP contribution in [0.15, 0.2) is 36.4 Å². The van der Waals surface area contributed by atoms with Crippen LogP contribution in [0, 0.1) is 13.8 Å². The van der Waals surface area contributed by atoms with Gasteiger partial charge in [-0.1, -0.05) is 35.4 Å². The van der Waals surface area contributed by atoms with Gasteiger partial charge in [-0.3, -0.25) is 29.4 Å². The second-order valence-electron chi connectivity index (χ2n) is 8.31. The quantitative estimate of drug-likeness (QED) is 0.439. The molecular formula is C24H25N3O4. The Morgan fingerprint density at radius 1 is 1.10 bits per heavy atom. The minimum atomic E-state index is -0.636. The third-order valence-electron chi connectivity index (χ3n) is 5.89. The Bertz CT molecular complexity index is 1070. The number of hydrogen-bond acceptors (Lipinski definition) is 5. The third kappa shape index (κ3) is 4.41. The second-order valence-corrected chi connectivity index (χ2v) is 8.31. The van der Waals surface area contributed by atoms with Crippen LogP contribution in [0.5, 0.6) is 0 Å². The SMILES string of the molecule is Cc1cc(C)cc(C(=O)C(=O)NCc2cccc3c2CN(C2CCC(=O)NC2=O)C3)c1. The van der Waals surface area contributed by atoms with E-state index in [4.69, 9.17) is 0 Å². The topological polar surface area (TPSA) is 95.6 Å². The summed E-state index contributed by atoms with van der Waals surface area (Å²) in [7, 11) is 0. The van der Waals surface area contributed by atoms with E-state index in [9.17, 15) is 19.2 Å². The monoisotopic (exact) mass is 419 g/mol. The van der Waals surface area contributed by atoms with Gasteiger partial charge in [0.15, 0.2) is 0 Å². The molecule has 0 saturated carbocycles. The zero-order valence-electron chi connectivity index (χ0n) is 17.7. The van der Waals surface area contributed by atoms with E-state index >= 15 is 0 Å². The molecule has 1 fully saturated rings. The van der Waals surface area contributed by atoms with Crippen molar-refractivity contribution in [2.24, 2.45) is 0 Å². The number of hydrogen-bond donors (Lipinski definition) is 2. The Kier molecular flexibility index (Phi) is 5.69. The molecule has 1 unspecified atom stereocenters. The van der Waals surface area contributed by atoms with Crippen molar-refractivity contribution in [2.45, 2.75) is 52.4 Å². The predicted molar refractivity (Wildman–Crippen MR) is 114 cm³/mol. The molecule has 1 atom stereocenters. The van der Waals surface area contributed by atoms with E-state index in [0.717, 1.165) is 27.8 Å². The Hall–Kier alpha value is -3.32. The lowest BCUT2D eigenvalue weighted by atomic mass is 10.0. The van der Waals surface area contributed by atoms with Gasteiger partial charge in [0.2, 0.25) is 17.6 Å². The molecule has 2 aliphatic heterocycles. The first-order valence-electron chi connectivity index (χ1n) is 10.4. The van der Waals surface area contributed by atoms with Gasteiger partial charge < -0.3 is 5.32 Å². The molecule has 160 valence electrons. The smallest absolute Gasteiger partial charge is 0.292 e. The highest BCUT2D eigenvalue weighted by atomic mass is 16.2. The predicted octanol–water partition coefficient (Wildman–Crippen LogP) is 1.92. The van der Waals surface area contributed by atoms with Crippen molar-refractivity contribution in [1.29, 1.82) is 0 Å². The molecule has 2 aromatic rings. The van der Waals surface area contributed by atoms with Crippen molar-refractivity contribution in [1.82, 2.24) is 15.5 Å². The molecule has 2 aliphatic rings. The molecule has 0 radical (unpaired) electrons. The van der Waals surface area contributed by atoms with Gasteiger partial charge in [-0.15, -0.1) is 0 Å². The van der Waals surface area contributed by atoms with E-state index in [2.05, 4.69) is 15.5 Å². The molecule has 0 aromatic heterocycles. The zero-order valence-corrected chi connectivity index (χ0v) is 17.7. The number of imide groups is 1. The fraction of sp³-hybridized carbons (Fsp3) is 0.333. The third-order valence-corrected chi connectivity index (χ3v) is 5.89. The number of fused-ring (bicyclic) bond motifs is 1. The van der Waals surface area contributed by atoms with E-state index < -0.39 is 11.7 Å². The van der Waals surface area contributed by atoms with Crippen molar-refractivity contribution >= 4 is 23.5 Å². The van der Waals surface area contributed by atoms with Crippen LogP contribution in [0.1, 0.15) is 51.0 Å². The van der Waals surface area contributed by atoms with Crippen LogP contribution in [-0.2, 0) is 34.0 Å². The number of piperidine rings is 1. The summed E-state index contributed by atoms with van der Waals surface area (Å²) in [4.78, 5) is 50.7. The molecule has 0 bridgehead atoms. The number of benzene rings is 2. The first kappa shape index (κ1) is 20.9. The summed E-state index contributed by atoms with van der Waals surface area (Å²) in [5.74, 6) is -1.67. The number of carbonyl (C=O) groups is 4. The summed E-state index contributed by atoms with van der Waals surface area (Å²) in [5.41, 5.74) is 5.34. The summed E-state index contributed by atoms with van der Waals surface area (Å²) in [6.45, 7) is 5.21. The minimum absolute atomic E-state index is 0.227. The van der Waals surface area contributed by atoms with Crippen LogP contribution >= 0.6 is 0 Å². The summed E-state index contributed by atoms with van der Waals surface area (Å²) in [6.07, 6.45) is 0.849. The van der Waals surface area contributed by atoms with Gasteiger partial charge in [0.1, 0.15) is 0 Å². The fourth-order valence-corrected chi connectivity index (χ4v) is 4.43. The van der Waals surface area contributed by atoms with E-state index in [1.165, 1.54) is 0 Å². The van der Waals surface area contributed by atoms with Gasteiger partial charge in [-0.2, -0.15) is 0 Å². The highest BCUT2D eigenvalue weighted by molar-refractivity contribution is 6.42.